The zero-order valence-electron chi connectivity index (χ0n) is 20.7. The van der Waals surface area contributed by atoms with Gasteiger partial charge in [-0.3, -0.25) is 0 Å². The van der Waals surface area contributed by atoms with Crippen LogP contribution in [-0.4, -0.2) is 43.3 Å². The van der Waals surface area contributed by atoms with Crippen LogP contribution in [0.15, 0.2) is 75.4 Å². The molecule has 0 saturated heterocycles. The molecule has 2 amide bonds. The van der Waals surface area contributed by atoms with Crippen LogP contribution in [0.25, 0.3) is 0 Å². The molecule has 1 N–H and O–H groups in total. The van der Waals surface area contributed by atoms with Crippen molar-refractivity contribution < 1.29 is 13.2 Å². The second-order valence-electron chi connectivity index (χ2n) is 8.00. The minimum atomic E-state index is -3.72. The summed E-state index contributed by atoms with van der Waals surface area (Å²) >= 11 is 19.6. The molecule has 37 heavy (non-hydrogen) atoms. The molecule has 6 nitrogen and oxygen atoms in total. The van der Waals surface area contributed by atoms with E-state index in [0.717, 1.165) is 10.5 Å². The van der Waals surface area contributed by atoms with Gasteiger partial charge in [-0.15, -0.1) is 0 Å². The van der Waals surface area contributed by atoms with E-state index in [9.17, 15) is 13.2 Å². The van der Waals surface area contributed by atoms with Crippen molar-refractivity contribution in [2.24, 2.45) is 0 Å². The van der Waals surface area contributed by atoms with E-state index in [4.69, 9.17) is 34.8 Å². The lowest BCUT2D eigenvalue weighted by molar-refractivity contribution is 0.212. The van der Waals surface area contributed by atoms with E-state index in [1.54, 1.807) is 55.1 Å². The monoisotopic (exact) mass is 599 g/mol. The molecule has 198 valence electrons. The van der Waals surface area contributed by atoms with Crippen molar-refractivity contribution >= 4 is 68.3 Å². The van der Waals surface area contributed by atoms with E-state index in [2.05, 4.69) is 5.32 Å². The zero-order chi connectivity index (χ0) is 27.2. The van der Waals surface area contributed by atoms with Crippen LogP contribution in [0, 0.1) is 0 Å². The molecule has 3 rings (SSSR count). The third kappa shape index (κ3) is 7.56. The number of nitrogens with zero attached hydrogens (tertiary/aromatic N) is 2. The van der Waals surface area contributed by atoms with Gasteiger partial charge in [-0.1, -0.05) is 66.5 Å². The number of halogens is 3. The minimum Gasteiger partial charge on any atom is -0.320 e. The molecule has 0 bridgehead atoms. The second-order valence-corrected chi connectivity index (χ2v) is 12.3. The van der Waals surface area contributed by atoms with Crippen LogP contribution in [0.1, 0.15) is 26.3 Å². The van der Waals surface area contributed by atoms with Gasteiger partial charge in [0.1, 0.15) is 0 Å². The number of carbonyl (C=O) groups is 1. The Morgan fingerprint density at radius 3 is 2.14 bits per heavy atom. The summed E-state index contributed by atoms with van der Waals surface area (Å²) in [7, 11) is -3.72. The van der Waals surface area contributed by atoms with Crippen LogP contribution in [0.5, 0.6) is 0 Å². The van der Waals surface area contributed by atoms with Crippen molar-refractivity contribution in [1.29, 1.82) is 0 Å². The van der Waals surface area contributed by atoms with E-state index in [0.29, 0.717) is 51.8 Å². The summed E-state index contributed by atoms with van der Waals surface area (Å²) in [4.78, 5) is 16.6. The Hall–Kier alpha value is -1.94. The quantitative estimate of drug-likeness (QED) is 0.257. The Balaban J connectivity index is 1.95. The maximum Gasteiger partial charge on any atom is 0.322 e. The van der Waals surface area contributed by atoms with Gasteiger partial charge in [-0.05, 0) is 67.1 Å². The summed E-state index contributed by atoms with van der Waals surface area (Å²) in [6, 6.07) is 16.9. The van der Waals surface area contributed by atoms with Crippen molar-refractivity contribution in [2.45, 2.75) is 42.0 Å². The fraction of sp³-hybridized carbons (Fsp3) is 0.269. The van der Waals surface area contributed by atoms with E-state index < -0.39 is 10.0 Å². The number of urea groups is 1. The number of benzene rings is 3. The van der Waals surface area contributed by atoms with Crippen LogP contribution >= 0.6 is 46.6 Å². The van der Waals surface area contributed by atoms with E-state index >= 15 is 0 Å². The SMILES string of the molecule is CCN(Cc1ccc(Cl)c(Cl)c1)C(=O)Nc1cc(S(=O)(=O)N(CC)CC)ccc1Sc1ccc(Cl)cc1. The first-order valence-electron chi connectivity index (χ1n) is 11.7. The van der Waals surface area contributed by atoms with Crippen molar-refractivity contribution in [2.75, 3.05) is 25.0 Å². The number of sulfonamides is 1. The van der Waals surface area contributed by atoms with Gasteiger partial charge in [0.2, 0.25) is 10.0 Å². The molecule has 0 aromatic heterocycles. The van der Waals surface area contributed by atoms with Gasteiger partial charge in [-0.2, -0.15) is 4.31 Å². The highest BCUT2D eigenvalue weighted by atomic mass is 35.5. The lowest BCUT2D eigenvalue weighted by Gasteiger charge is -2.23. The molecule has 0 saturated carbocycles. The van der Waals surface area contributed by atoms with Crippen LogP contribution in [0.2, 0.25) is 15.1 Å². The zero-order valence-corrected chi connectivity index (χ0v) is 24.6. The molecule has 11 heteroatoms. The summed E-state index contributed by atoms with van der Waals surface area (Å²) < 4.78 is 27.8. The lowest BCUT2D eigenvalue weighted by atomic mass is 10.2. The van der Waals surface area contributed by atoms with Gasteiger partial charge in [0.05, 0.1) is 20.6 Å². The molecular weight excluding hydrogens is 573 g/mol. The van der Waals surface area contributed by atoms with Gasteiger partial charge in [0.15, 0.2) is 0 Å². The highest BCUT2D eigenvalue weighted by molar-refractivity contribution is 7.99. The minimum absolute atomic E-state index is 0.111. The number of hydrogen-bond acceptors (Lipinski definition) is 4. The summed E-state index contributed by atoms with van der Waals surface area (Å²) in [6.45, 7) is 6.85. The van der Waals surface area contributed by atoms with Crippen molar-refractivity contribution in [3.63, 3.8) is 0 Å². The Morgan fingerprint density at radius 1 is 0.865 bits per heavy atom. The molecule has 0 aliphatic carbocycles. The van der Waals surface area contributed by atoms with Gasteiger partial charge < -0.3 is 10.2 Å². The van der Waals surface area contributed by atoms with Crippen molar-refractivity contribution in [1.82, 2.24) is 9.21 Å². The smallest absolute Gasteiger partial charge is 0.320 e. The molecule has 0 heterocycles. The molecule has 3 aromatic rings. The average molecular weight is 601 g/mol. The largest absolute Gasteiger partial charge is 0.322 e. The summed E-state index contributed by atoms with van der Waals surface area (Å²) in [5.74, 6) is 0. The van der Waals surface area contributed by atoms with Crippen LogP contribution in [0.4, 0.5) is 10.5 Å². The molecule has 0 aliphatic heterocycles. The Kier molecular flexibility index (Phi) is 10.6. The van der Waals surface area contributed by atoms with E-state index in [-0.39, 0.29) is 10.9 Å². The predicted molar refractivity (Wildman–Crippen MR) is 154 cm³/mol. The third-order valence-electron chi connectivity index (χ3n) is 5.60. The Labute approximate surface area is 237 Å². The fourth-order valence-electron chi connectivity index (χ4n) is 3.58. The molecule has 0 fully saturated rings. The van der Waals surface area contributed by atoms with Crippen LogP contribution < -0.4 is 5.32 Å². The van der Waals surface area contributed by atoms with Crippen molar-refractivity contribution in [3.8, 4) is 0 Å². The number of carbonyl (C=O) groups excluding carboxylic acids is 1. The van der Waals surface area contributed by atoms with Gasteiger partial charge in [0, 0.05) is 41.0 Å². The van der Waals surface area contributed by atoms with Crippen LogP contribution in [0.3, 0.4) is 0 Å². The third-order valence-corrected chi connectivity index (χ3v) is 9.72. The average Bonchev–Trinajstić information content (AvgIpc) is 2.87. The molecule has 0 atom stereocenters. The summed E-state index contributed by atoms with van der Waals surface area (Å²) in [6.07, 6.45) is 0. The summed E-state index contributed by atoms with van der Waals surface area (Å²) in [5.41, 5.74) is 1.21. The normalized spacial score (nSPS) is 11.5. The lowest BCUT2D eigenvalue weighted by Crippen LogP contribution is -2.34. The highest BCUT2D eigenvalue weighted by Crippen LogP contribution is 2.36. The van der Waals surface area contributed by atoms with E-state index in [1.807, 2.05) is 25.1 Å². The molecule has 0 unspecified atom stereocenters. The second kappa shape index (κ2) is 13.2. The first kappa shape index (κ1) is 29.6. The van der Waals surface area contributed by atoms with Gasteiger partial charge in [0.25, 0.3) is 0 Å². The number of amides is 2. The van der Waals surface area contributed by atoms with E-state index in [1.165, 1.54) is 22.1 Å². The first-order chi connectivity index (χ1) is 17.6. The Morgan fingerprint density at radius 2 is 1.54 bits per heavy atom. The number of rotatable bonds is 10. The maximum absolute atomic E-state index is 13.3. The van der Waals surface area contributed by atoms with Gasteiger partial charge >= 0.3 is 6.03 Å². The topological polar surface area (TPSA) is 69.7 Å². The van der Waals surface area contributed by atoms with Crippen molar-refractivity contribution in [3.05, 3.63) is 81.3 Å². The highest BCUT2D eigenvalue weighted by Gasteiger charge is 2.24. The maximum atomic E-state index is 13.3. The standard InChI is InChI=1S/C26H28Cl3N3O3S2/c1-4-31(17-18-7-13-22(28)23(29)15-18)26(33)30-24-16-21(37(34,35)32(5-2)6-3)12-14-25(24)36-20-10-8-19(27)9-11-20/h7-16H,4-6,17H2,1-3H3,(H,30,33). The fourth-order valence-corrected chi connectivity index (χ4v) is 6.39. The first-order valence-corrected chi connectivity index (χ1v) is 15.1. The molecular formula is C26H28Cl3N3O3S2. The molecule has 0 aliphatic rings. The summed E-state index contributed by atoms with van der Waals surface area (Å²) in [5, 5.41) is 4.38. The molecule has 0 spiro atoms. The Bertz CT molecular complexity index is 1350. The predicted octanol–water partition coefficient (Wildman–Crippen LogP) is 7.88. The van der Waals surface area contributed by atoms with Gasteiger partial charge in [-0.25, -0.2) is 13.2 Å². The number of hydrogen-bond donors (Lipinski definition) is 1. The number of anilines is 1. The van der Waals surface area contributed by atoms with Crippen LogP contribution in [-0.2, 0) is 16.6 Å². The number of nitrogens with one attached hydrogen (secondary N) is 1. The molecule has 0 radical (unpaired) electrons. The molecule has 3 aromatic carbocycles.